The van der Waals surface area contributed by atoms with Crippen LogP contribution in [0.2, 0.25) is 0 Å². The molecule has 90 valence electrons. The summed E-state index contributed by atoms with van der Waals surface area (Å²) in [6, 6.07) is 6.17. The molecule has 0 aliphatic rings. The minimum absolute atomic E-state index is 0.00932. The molecule has 0 saturated carbocycles. The molecule has 0 aliphatic heterocycles. The van der Waals surface area contributed by atoms with Gasteiger partial charge in [-0.25, -0.2) is 0 Å². The second-order valence-corrected chi connectivity index (χ2v) is 5.56. The van der Waals surface area contributed by atoms with Gasteiger partial charge in [0.25, 0.3) is 0 Å². The largest absolute Gasteiger partial charge is 0.508 e. The highest BCUT2D eigenvalue weighted by atomic mass is 32.3. The van der Waals surface area contributed by atoms with E-state index in [1.54, 1.807) is 12.1 Å². The highest BCUT2D eigenvalue weighted by molar-refractivity contribution is 7.86. The molecule has 0 saturated heterocycles. The van der Waals surface area contributed by atoms with Gasteiger partial charge in [-0.2, -0.15) is 8.42 Å². The number of benzene rings is 1. The maximum atomic E-state index is 12.7. The van der Waals surface area contributed by atoms with Crippen molar-refractivity contribution >= 4 is 10.2 Å². The first-order chi connectivity index (χ1) is 7.29. The van der Waals surface area contributed by atoms with Crippen LogP contribution in [0.4, 0.5) is 3.89 Å². The van der Waals surface area contributed by atoms with Gasteiger partial charge in [-0.3, -0.25) is 0 Å². The van der Waals surface area contributed by atoms with Gasteiger partial charge >= 0.3 is 10.2 Å². The van der Waals surface area contributed by atoms with E-state index in [0.717, 1.165) is 0 Å². The highest BCUT2D eigenvalue weighted by Gasteiger charge is 2.23. The van der Waals surface area contributed by atoms with Crippen molar-refractivity contribution in [2.24, 2.45) is 5.92 Å². The Hall–Kier alpha value is -1.10. The summed E-state index contributed by atoms with van der Waals surface area (Å²) in [5, 5.41) is 9.12. The van der Waals surface area contributed by atoms with Gasteiger partial charge in [-0.1, -0.05) is 26.0 Å². The van der Waals surface area contributed by atoms with Gasteiger partial charge in [-0.15, -0.1) is 3.89 Å². The van der Waals surface area contributed by atoms with Gasteiger partial charge in [0.1, 0.15) is 5.75 Å². The third-order valence-electron chi connectivity index (χ3n) is 2.50. The maximum Gasteiger partial charge on any atom is 0.303 e. The quantitative estimate of drug-likeness (QED) is 0.830. The van der Waals surface area contributed by atoms with Crippen LogP contribution in [0.1, 0.15) is 25.3 Å². The minimum Gasteiger partial charge on any atom is -0.508 e. The predicted molar refractivity (Wildman–Crippen MR) is 60.6 cm³/mol. The molecule has 0 bridgehead atoms. The number of hydrogen-bond donors (Lipinski definition) is 1. The molecule has 3 nitrogen and oxygen atoms in total. The number of aromatic hydroxyl groups is 1. The SMILES string of the molecule is CC(C)C(CS(=O)(=O)F)c1ccc(O)cc1. The van der Waals surface area contributed by atoms with Crippen LogP contribution in [0.5, 0.6) is 5.75 Å². The summed E-state index contributed by atoms with van der Waals surface area (Å²) in [5.41, 5.74) is 0.717. The fraction of sp³-hybridized carbons (Fsp3) is 0.455. The predicted octanol–water partition coefficient (Wildman–Crippen LogP) is 2.43. The van der Waals surface area contributed by atoms with E-state index in [-0.39, 0.29) is 11.7 Å². The van der Waals surface area contributed by atoms with Crippen molar-refractivity contribution < 1.29 is 17.4 Å². The summed E-state index contributed by atoms with van der Waals surface area (Å²) < 4.78 is 34.0. The lowest BCUT2D eigenvalue weighted by Gasteiger charge is -2.19. The van der Waals surface area contributed by atoms with E-state index in [2.05, 4.69) is 0 Å². The van der Waals surface area contributed by atoms with Gasteiger partial charge in [0.15, 0.2) is 0 Å². The molecular weight excluding hydrogens is 231 g/mol. The van der Waals surface area contributed by atoms with E-state index in [1.807, 2.05) is 13.8 Å². The smallest absolute Gasteiger partial charge is 0.303 e. The first-order valence-corrected chi connectivity index (χ1v) is 6.56. The van der Waals surface area contributed by atoms with E-state index in [4.69, 9.17) is 5.11 Å². The lowest BCUT2D eigenvalue weighted by Crippen LogP contribution is -2.16. The third-order valence-corrected chi connectivity index (χ3v) is 3.26. The normalized spacial score (nSPS) is 14.0. The monoisotopic (exact) mass is 246 g/mol. The van der Waals surface area contributed by atoms with Crippen LogP contribution < -0.4 is 0 Å². The Labute approximate surface area is 95.1 Å². The molecule has 0 amide bonds. The lowest BCUT2D eigenvalue weighted by molar-refractivity contribution is 0.473. The van der Waals surface area contributed by atoms with Crippen LogP contribution in [0.3, 0.4) is 0 Å². The third kappa shape index (κ3) is 3.81. The average molecular weight is 246 g/mol. The molecule has 5 heteroatoms. The molecule has 1 rings (SSSR count). The Morgan fingerprint density at radius 1 is 1.25 bits per heavy atom. The topological polar surface area (TPSA) is 54.4 Å². The summed E-state index contributed by atoms with van der Waals surface area (Å²) in [4.78, 5) is 0. The van der Waals surface area contributed by atoms with Crippen molar-refractivity contribution in [3.8, 4) is 5.75 Å². The summed E-state index contributed by atoms with van der Waals surface area (Å²) in [6.45, 7) is 3.67. The fourth-order valence-corrected chi connectivity index (χ4v) is 2.62. The number of rotatable bonds is 4. The molecule has 1 aromatic carbocycles. The number of halogens is 1. The molecule has 0 heterocycles. The molecule has 0 spiro atoms. The second-order valence-electron chi connectivity index (χ2n) is 4.15. The van der Waals surface area contributed by atoms with Gasteiger partial charge in [-0.05, 0) is 23.6 Å². The van der Waals surface area contributed by atoms with Crippen molar-refractivity contribution in [2.75, 3.05) is 5.75 Å². The van der Waals surface area contributed by atoms with E-state index in [1.165, 1.54) is 12.1 Å². The van der Waals surface area contributed by atoms with Gasteiger partial charge in [0.2, 0.25) is 0 Å². The van der Waals surface area contributed by atoms with E-state index < -0.39 is 21.9 Å². The zero-order valence-electron chi connectivity index (χ0n) is 9.22. The Bertz CT molecular complexity index is 437. The van der Waals surface area contributed by atoms with Crippen LogP contribution in [0.15, 0.2) is 24.3 Å². The average Bonchev–Trinajstić information content (AvgIpc) is 2.14. The molecule has 0 aliphatic carbocycles. The van der Waals surface area contributed by atoms with E-state index in [0.29, 0.717) is 5.56 Å². The van der Waals surface area contributed by atoms with Gasteiger partial charge < -0.3 is 5.11 Å². The molecule has 0 radical (unpaired) electrons. The molecule has 1 atom stereocenters. The lowest BCUT2D eigenvalue weighted by atomic mass is 9.90. The van der Waals surface area contributed by atoms with Crippen LogP contribution in [0.25, 0.3) is 0 Å². The van der Waals surface area contributed by atoms with Gasteiger partial charge in [0.05, 0.1) is 5.75 Å². The van der Waals surface area contributed by atoms with Crippen molar-refractivity contribution in [1.29, 1.82) is 0 Å². The summed E-state index contributed by atoms with van der Waals surface area (Å²) in [6.07, 6.45) is 0. The summed E-state index contributed by atoms with van der Waals surface area (Å²) in [5.74, 6) is -0.796. The van der Waals surface area contributed by atoms with Crippen LogP contribution in [-0.2, 0) is 10.2 Å². The summed E-state index contributed by atoms with van der Waals surface area (Å²) in [7, 11) is -4.49. The first kappa shape index (κ1) is 13.0. The standard InChI is InChI=1S/C11H15FO3S/c1-8(2)11(7-16(12,14)15)9-3-5-10(13)6-4-9/h3-6,8,11,13H,7H2,1-2H3. The Balaban J connectivity index is 2.99. The molecule has 16 heavy (non-hydrogen) atoms. The highest BCUT2D eigenvalue weighted by Crippen LogP contribution is 2.27. The van der Waals surface area contributed by atoms with E-state index >= 15 is 0 Å². The molecule has 1 unspecified atom stereocenters. The van der Waals surface area contributed by atoms with Crippen molar-refractivity contribution in [3.05, 3.63) is 29.8 Å². The zero-order chi connectivity index (χ0) is 12.3. The van der Waals surface area contributed by atoms with Crippen LogP contribution >= 0.6 is 0 Å². The fourth-order valence-electron chi connectivity index (χ4n) is 1.61. The maximum absolute atomic E-state index is 12.7. The number of hydrogen-bond acceptors (Lipinski definition) is 3. The Morgan fingerprint density at radius 3 is 2.12 bits per heavy atom. The molecule has 1 aromatic rings. The Kier molecular flexibility index (Phi) is 3.91. The zero-order valence-corrected chi connectivity index (χ0v) is 10.0. The number of phenols is 1. The van der Waals surface area contributed by atoms with Crippen molar-refractivity contribution in [3.63, 3.8) is 0 Å². The van der Waals surface area contributed by atoms with Crippen molar-refractivity contribution in [2.45, 2.75) is 19.8 Å². The first-order valence-electron chi connectivity index (χ1n) is 5.01. The molecular formula is C11H15FO3S. The van der Waals surface area contributed by atoms with Crippen LogP contribution in [-0.4, -0.2) is 19.3 Å². The Morgan fingerprint density at radius 2 is 1.75 bits per heavy atom. The second kappa shape index (κ2) is 4.82. The van der Waals surface area contributed by atoms with Crippen LogP contribution in [0, 0.1) is 5.92 Å². The van der Waals surface area contributed by atoms with E-state index in [9.17, 15) is 12.3 Å². The molecule has 0 aromatic heterocycles. The molecule has 0 fully saturated rings. The van der Waals surface area contributed by atoms with Crippen molar-refractivity contribution in [1.82, 2.24) is 0 Å². The minimum atomic E-state index is -4.49. The molecule has 1 N–H and O–H groups in total. The number of phenolic OH excluding ortho intramolecular Hbond substituents is 1. The summed E-state index contributed by atoms with van der Waals surface area (Å²) >= 11 is 0. The van der Waals surface area contributed by atoms with Gasteiger partial charge in [0, 0.05) is 5.92 Å².